The molecule has 0 bridgehead atoms. The minimum Gasteiger partial charge on any atom is -0.272 e. The molecule has 24 heavy (non-hydrogen) atoms. The molecule has 6 nitrogen and oxygen atoms in total. The second kappa shape index (κ2) is 6.84. The SMILES string of the molecule is Cc1ccc(N2C(=O)CN=C2SCc2ccc([N+](=O)[O-])cc2)cc1. The maximum atomic E-state index is 12.1. The van der Waals surface area contributed by atoms with E-state index < -0.39 is 4.92 Å². The number of carbonyl (C=O) groups excluding carboxylic acids is 1. The van der Waals surface area contributed by atoms with Crippen LogP contribution in [0.15, 0.2) is 53.5 Å². The van der Waals surface area contributed by atoms with Gasteiger partial charge in [0.05, 0.1) is 10.6 Å². The van der Waals surface area contributed by atoms with Crippen molar-refractivity contribution in [1.29, 1.82) is 0 Å². The van der Waals surface area contributed by atoms with Crippen LogP contribution in [-0.4, -0.2) is 22.5 Å². The van der Waals surface area contributed by atoms with Gasteiger partial charge in [0.15, 0.2) is 5.17 Å². The van der Waals surface area contributed by atoms with Gasteiger partial charge in [-0.05, 0) is 24.6 Å². The number of hydrogen-bond acceptors (Lipinski definition) is 5. The lowest BCUT2D eigenvalue weighted by Crippen LogP contribution is -2.30. The van der Waals surface area contributed by atoms with Gasteiger partial charge in [0.25, 0.3) is 11.6 Å². The Morgan fingerprint density at radius 3 is 2.46 bits per heavy atom. The number of benzene rings is 2. The Labute approximate surface area is 143 Å². The van der Waals surface area contributed by atoms with Gasteiger partial charge >= 0.3 is 0 Å². The number of rotatable bonds is 4. The van der Waals surface area contributed by atoms with Crippen molar-refractivity contribution in [1.82, 2.24) is 0 Å². The average molecular weight is 341 g/mol. The van der Waals surface area contributed by atoms with Gasteiger partial charge in [-0.15, -0.1) is 0 Å². The zero-order valence-electron chi connectivity index (χ0n) is 13.0. The molecule has 1 heterocycles. The van der Waals surface area contributed by atoms with Crippen LogP contribution in [0.5, 0.6) is 0 Å². The fraction of sp³-hybridized carbons (Fsp3) is 0.176. The van der Waals surface area contributed by atoms with E-state index in [9.17, 15) is 14.9 Å². The molecule has 0 radical (unpaired) electrons. The monoisotopic (exact) mass is 341 g/mol. The molecule has 1 aliphatic heterocycles. The number of nitro benzene ring substituents is 1. The summed E-state index contributed by atoms with van der Waals surface area (Å²) in [5.74, 6) is 0.539. The van der Waals surface area contributed by atoms with Crippen LogP contribution >= 0.6 is 11.8 Å². The molecule has 0 saturated heterocycles. The molecule has 2 aromatic rings. The Balaban J connectivity index is 1.70. The van der Waals surface area contributed by atoms with E-state index in [1.54, 1.807) is 17.0 Å². The van der Waals surface area contributed by atoms with Crippen molar-refractivity contribution >= 4 is 34.2 Å². The predicted molar refractivity (Wildman–Crippen MR) is 95.4 cm³/mol. The third-order valence-corrected chi connectivity index (χ3v) is 4.65. The van der Waals surface area contributed by atoms with Crippen molar-refractivity contribution in [3.63, 3.8) is 0 Å². The van der Waals surface area contributed by atoms with Gasteiger partial charge in [0.1, 0.15) is 6.54 Å². The normalized spacial score (nSPS) is 14.0. The number of thioether (sulfide) groups is 1. The highest BCUT2D eigenvalue weighted by Crippen LogP contribution is 2.26. The largest absolute Gasteiger partial charge is 0.272 e. The van der Waals surface area contributed by atoms with Gasteiger partial charge in [0.2, 0.25) is 0 Å². The number of nitrogens with zero attached hydrogens (tertiary/aromatic N) is 3. The lowest BCUT2D eigenvalue weighted by atomic mass is 10.2. The molecule has 0 unspecified atom stereocenters. The molecule has 1 amide bonds. The number of non-ortho nitro benzene ring substituents is 1. The van der Waals surface area contributed by atoms with Crippen LogP contribution in [0.25, 0.3) is 0 Å². The summed E-state index contributed by atoms with van der Waals surface area (Å²) in [6.45, 7) is 2.14. The topological polar surface area (TPSA) is 75.8 Å². The lowest BCUT2D eigenvalue weighted by Gasteiger charge is -2.18. The number of aliphatic imine (C=N–C) groups is 1. The number of amidine groups is 1. The number of amides is 1. The molecule has 0 aliphatic carbocycles. The molecule has 0 saturated carbocycles. The summed E-state index contributed by atoms with van der Waals surface area (Å²) in [6.07, 6.45) is 0. The summed E-state index contributed by atoms with van der Waals surface area (Å²) in [6, 6.07) is 14.1. The Hall–Kier alpha value is -2.67. The molecule has 0 spiro atoms. The second-order valence-corrected chi connectivity index (χ2v) is 6.32. The van der Waals surface area contributed by atoms with Crippen LogP contribution in [0.3, 0.4) is 0 Å². The molecule has 0 N–H and O–H groups in total. The number of hydrogen-bond donors (Lipinski definition) is 0. The second-order valence-electron chi connectivity index (χ2n) is 5.38. The summed E-state index contributed by atoms with van der Waals surface area (Å²) in [7, 11) is 0. The number of aryl methyl sites for hydroxylation is 1. The van der Waals surface area contributed by atoms with Gasteiger partial charge < -0.3 is 0 Å². The van der Waals surface area contributed by atoms with E-state index in [0.717, 1.165) is 16.8 Å². The molecule has 0 fully saturated rings. The number of nitro groups is 1. The van der Waals surface area contributed by atoms with Crippen LogP contribution in [0.4, 0.5) is 11.4 Å². The minimum atomic E-state index is -0.421. The van der Waals surface area contributed by atoms with E-state index in [2.05, 4.69) is 4.99 Å². The van der Waals surface area contributed by atoms with Gasteiger partial charge in [-0.1, -0.05) is 41.6 Å². The quantitative estimate of drug-likeness (QED) is 0.629. The van der Waals surface area contributed by atoms with Crippen LogP contribution in [0.1, 0.15) is 11.1 Å². The van der Waals surface area contributed by atoms with Crippen LogP contribution in [0, 0.1) is 17.0 Å². The van der Waals surface area contributed by atoms with E-state index in [4.69, 9.17) is 0 Å². The first-order valence-electron chi connectivity index (χ1n) is 7.35. The van der Waals surface area contributed by atoms with Gasteiger partial charge in [-0.2, -0.15) is 0 Å². The molecule has 122 valence electrons. The third-order valence-electron chi connectivity index (χ3n) is 3.60. The van der Waals surface area contributed by atoms with Crippen molar-refractivity contribution in [3.8, 4) is 0 Å². The molecule has 2 aromatic carbocycles. The van der Waals surface area contributed by atoms with Crippen molar-refractivity contribution in [2.24, 2.45) is 4.99 Å². The summed E-state index contributed by atoms with van der Waals surface area (Å²) < 4.78 is 0. The zero-order chi connectivity index (χ0) is 17.1. The van der Waals surface area contributed by atoms with E-state index >= 15 is 0 Å². The maximum Gasteiger partial charge on any atom is 0.269 e. The Kier molecular flexibility index (Phi) is 4.61. The Morgan fingerprint density at radius 1 is 1.17 bits per heavy atom. The average Bonchev–Trinajstić information content (AvgIpc) is 2.95. The summed E-state index contributed by atoms with van der Waals surface area (Å²) in [5, 5.41) is 11.3. The molecular weight excluding hydrogens is 326 g/mol. The van der Waals surface area contributed by atoms with Gasteiger partial charge in [0, 0.05) is 17.9 Å². The van der Waals surface area contributed by atoms with E-state index in [1.165, 1.54) is 23.9 Å². The highest BCUT2D eigenvalue weighted by atomic mass is 32.2. The van der Waals surface area contributed by atoms with Crippen LogP contribution in [0.2, 0.25) is 0 Å². The minimum absolute atomic E-state index is 0.0509. The highest BCUT2D eigenvalue weighted by molar-refractivity contribution is 8.13. The zero-order valence-corrected chi connectivity index (χ0v) is 13.8. The standard InChI is InChI=1S/C17H15N3O3S/c1-12-2-6-14(7-3-12)19-16(21)10-18-17(19)24-11-13-4-8-15(9-5-13)20(22)23/h2-9H,10-11H2,1H3. The lowest BCUT2D eigenvalue weighted by molar-refractivity contribution is -0.384. The van der Waals surface area contributed by atoms with Crippen molar-refractivity contribution < 1.29 is 9.72 Å². The molecular formula is C17H15N3O3S. The Morgan fingerprint density at radius 2 is 1.83 bits per heavy atom. The van der Waals surface area contributed by atoms with Crippen LogP contribution in [-0.2, 0) is 10.5 Å². The Bertz CT molecular complexity index is 801. The fourth-order valence-corrected chi connectivity index (χ4v) is 3.28. The fourth-order valence-electron chi connectivity index (χ4n) is 2.30. The van der Waals surface area contributed by atoms with Crippen LogP contribution < -0.4 is 4.90 Å². The molecule has 0 aromatic heterocycles. The van der Waals surface area contributed by atoms with Gasteiger partial charge in [-0.25, -0.2) is 0 Å². The smallest absolute Gasteiger partial charge is 0.269 e. The van der Waals surface area contributed by atoms with E-state index in [1.807, 2.05) is 31.2 Å². The molecule has 3 rings (SSSR count). The summed E-state index contributed by atoms with van der Waals surface area (Å²) >= 11 is 1.45. The number of anilines is 1. The first-order chi connectivity index (χ1) is 11.5. The first kappa shape index (κ1) is 16.2. The summed E-state index contributed by atoms with van der Waals surface area (Å²) in [4.78, 5) is 28.3. The third kappa shape index (κ3) is 3.46. The van der Waals surface area contributed by atoms with Crippen molar-refractivity contribution in [3.05, 3.63) is 69.8 Å². The maximum absolute atomic E-state index is 12.1. The highest BCUT2D eigenvalue weighted by Gasteiger charge is 2.27. The number of carbonyl (C=O) groups is 1. The summed E-state index contributed by atoms with van der Waals surface area (Å²) in [5.41, 5.74) is 2.94. The molecule has 7 heteroatoms. The molecule has 1 aliphatic rings. The van der Waals surface area contributed by atoms with Crippen molar-refractivity contribution in [2.75, 3.05) is 11.4 Å². The molecule has 0 atom stereocenters. The first-order valence-corrected chi connectivity index (χ1v) is 8.33. The van der Waals surface area contributed by atoms with E-state index in [-0.39, 0.29) is 18.1 Å². The van der Waals surface area contributed by atoms with Gasteiger partial charge in [-0.3, -0.25) is 24.8 Å². The van der Waals surface area contributed by atoms with E-state index in [0.29, 0.717) is 10.9 Å². The van der Waals surface area contributed by atoms with Crippen molar-refractivity contribution in [2.45, 2.75) is 12.7 Å². The predicted octanol–water partition coefficient (Wildman–Crippen LogP) is 3.54.